The predicted octanol–water partition coefficient (Wildman–Crippen LogP) is 2.28. The fourth-order valence-electron chi connectivity index (χ4n) is 1.74. The van der Waals surface area contributed by atoms with E-state index in [4.69, 9.17) is 4.74 Å². The van der Waals surface area contributed by atoms with Crippen LogP contribution in [0.1, 0.15) is 12.7 Å². The monoisotopic (exact) mass is 325 g/mol. The van der Waals surface area contributed by atoms with E-state index >= 15 is 0 Å². The second-order valence-electron chi connectivity index (χ2n) is 4.23. The van der Waals surface area contributed by atoms with Gasteiger partial charge in [-0.05, 0) is 19.1 Å². The minimum atomic E-state index is -0.426. The van der Waals surface area contributed by atoms with E-state index in [1.54, 1.807) is 18.2 Å². The number of methoxy groups -OCH3 is 1. The van der Waals surface area contributed by atoms with Crippen molar-refractivity contribution in [2.45, 2.75) is 25.2 Å². The summed E-state index contributed by atoms with van der Waals surface area (Å²) in [5.41, 5.74) is 0. The van der Waals surface area contributed by atoms with E-state index in [1.807, 2.05) is 11.5 Å². The SMILES string of the molecule is CCn1c(COc2ccccc2F)nnc1SCC(=O)OC. The molecule has 1 heterocycles. The number of esters is 1. The van der Waals surface area contributed by atoms with Crippen LogP contribution in [0.2, 0.25) is 0 Å². The van der Waals surface area contributed by atoms with Crippen LogP contribution >= 0.6 is 11.8 Å². The molecule has 0 saturated carbocycles. The van der Waals surface area contributed by atoms with Crippen LogP contribution in [0.3, 0.4) is 0 Å². The molecule has 1 aromatic carbocycles. The maximum absolute atomic E-state index is 13.5. The second-order valence-corrected chi connectivity index (χ2v) is 5.17. The number of carbonyl (C=O) groups excluding carboxylic acids is 1. The molecule has 0 atom stereocenters. The van der Waals surface area contributed by atoms with E-state index in [1.165, 1.54) is 24.9 Å². The van der Waals surface area contributed by atoms with Gasteiger partial charge in [0.05, 0.1) is 12.9 Å². The Morgan fingerprint density at radius 2 is 2.14 bits per heavy atom. The largest absolute Gasteiger partial charge is 0.483 e. The lowest BCUT2D eigenvalue weighted by molar-refractivity contribution is -0.137. The van der Waals surface area contributed by atoms with E-state index in [2.05, 4.69) is 14.9 Å². The number of thioether (sulfide) groups is 1. The summed E-state index contributed by atoms with van der Waals surface area (Å²) >= 11 is 1.24. The summed E-state index contributed by atoms with van der Waals surface area (Å²) in [5.74, 6) is 0.128. The lowest BCUT2D eigenvalue weighted by Gasteiger charge is -2.09. The molecule has 0 aliphatic carbocycles. The molecule has 0 N–H and O–H groups in total. The first kappa shape index (κ1) is 16.3. The van der Waals surface area contributed by atoms with Gasteiger partial charge in [-0.25, -0.2) is 4.39 Å². The van der Waals surface area contributed by atoms with Crippen LogP contribution in [0.15, 0.2) is 29.4 Å². The zero-order valence-electron chi connectivity index (χ0n) is 12.3. The summed E-state index contributed by atoms with van der Waals surface area (Å²) in [6.07, 6.45) is 0. The van der Waals surface area contributed by atoms with E-state index in [9.17, 15) is 9.18 Å². The normalized spacial score (nSPS) is 10.5. The molecule has 1 aromatic heterocycles. The van der Waals surface area contributed by atoms with Crippen molar-refractivity contribution in [3.8, 4) is 5.75 Å². The van der Waals surface area contributed by atoms with Crippen LogP contribution in [0, 0.1) is 5.82 Å². The molecule has 0 aliphatic heterocycles. The van der Waals surface area contributed by atoms with Crippen LogP contribution in [-0.2, 0) is 22.7 Å². The number of para-hydroxylation sites is 1. The van der Waals surface area contributed by atoms with Gasteiger partial charge in [-0.3, -0.25) is 4.79 Å². The molecule has 0 spiro atoms. The average Bonchev–Trinajstić information content (AvgIpc) is 2.93. The van der Waals surface area contributed by atoms with Crippen LogP contribution in [-0.4, -0.2) is 33.6 Å². The standard InChI is InChI=1S/C14H16FN3O3S/c1-3-18-12(8-21-11-7-5-4-6-10(11)15)16-17-14(18)22-9-13(19)20-2/h4-7H,3,8-9H2,1-2H3. The van der Waals surface area contributed by atoms with E-state index in [-0.39, 0.29) is 24.1 Å². The minimum absolute atomic E-state index is 0.0978. The van der Waals surface area contributed by atoms with Crippen molar-refractivity contribution in [1.29, 1.82) is 0 Å². The van der Waals surface area contributed by atoms with Gasteiger partial charge in [0.1, 0.15) is 6.61 Å². The highest BCUT2D eigenvalue weighted by molar-refractivity contribution is 7.99. The summed E-state index contributed by atoms with van der Waals surface area (Å²) in [6.45, 7) is 2.64. The molecule has 2 aromatic rings. The maximum Gasteiger partial charge on any atom is 0.316 e. The molecular formula is C14H16FN3O3S. The number of hydrogen-bond acceptors (Lipinski definition) is 6. The highest BCUT2D eigenvalue weighted by atomic mass is 32.2. The van der Waals surface area contributed by atoms with Gasteiger partial charge in [0.2, 0.25) is 0 Å². The third kappa shape index (κ3) is 3.97. The molecular weight excluding hydrogens is 309 g/mol. The first-order chi connectivity index (χ1) is 10.7. The topological polar surface area (TPSA) is 66.2 Å². The second kappa shape index (κ2) is 7.79. The van der Waals surface area contributed by atoms with Crippen molar-refractivity contribution in [2.75, 3.05) is 12.9 Å². The van der Waals surface area contributed by atoms with Crippen LogP contribution in [0.25, 0.3) is 0 Å². The molecule has 0 radical (unpaired) electrons. The Kier molecular flexibility index (Phi) is 5.76. The van der Waals surface area contributed by atoms with Gasteiger partial charge in [-0.2, -0.15) is 0 Å². The number of aromatic nitrogens is 3. The number of hydrogen-bond donors (Lipinski definition) is 0. The number of rotatable bonds is 7. The predicted molar refractivity (Wildman–Crippen MR) is 79.2 cm³/mol. The number of nitrogens with zero attached hydrogens (tertiary/aromatic N) is 3. The summed E-state index contributed by atoms with van der Waals surface area (Å²) in [7, 11) is 1.33. The van der Waals surface area contributed by atoms with Gasteiger partial charge >= 0.3 is 5.97 Å². The number of carbonyl (C=O) groups is 1. The zero-order valence-corrected chi connectivity index (χ0v) is 13.1. The van der Waals surface area contributed by atoms with E-state index in [0.717, 1.165) is 0 Å². The molecule has 0 saturated heterocycles. The summed E-state index contributed by atoms with van der Waals surface area (Å²) < 4.78 is 25.3. The van der Waals surface area contributed by atoms with E-state index < -0.39 is 5.82 Å². The highest BCUT2D eigenvalue weighted by Crippen LogP contribution is 2.20. The molecule has 8 heteroatoms. The maximum atomic E-state index is 13.5. The van der Waals surface area contributed by atoms with Gasteiger partial charge in [0, 0.05) is 6.54 Å². The van der Waals surface area contributed by atoms with Crippen molar-refractivity contribution >= 4 is 17.7 Å². The van der Waals surface area contributed by atoms with Crippen molar-refractivity contribution in [3.63, 3.8) is 0 Å². The molecule has 118 valence electrons. The third-order valence-electron chi connectivity index (χ3n) is 2.85. The van der Waals surface area contributed by atoms with Crippen LogP contribution in [0.5, 0.6) is 5.75 Å². The summed E-state index contributed by atoms with van der Waals surface area (Å²) in [6, 6.07) is 6.17. The Balaban J connectivity index is 2.04. The van der Waals surface area contributed by atoms with E-state index in [0.29, 0.717) is 17.5 Å². The quantitative estimate of drug-likeness (QED) is 0.575. The first-order valence-electron chi connectivity index (χ1n) is 6.64. The fourth-order valence-corrected chi connectivity index (χ4v) is 2.59. The Labute approximate surface area is 131 Å². The lowest BCUT2D eigenvalue weighted by Crippen LogP contribution is -2.09. The molecule has 0 amide bonds. The van der Waals surface area contributed by atoms with Crippen molar-refractivity contribution in [1.82, 2.24) is 14.8 Å². The molecule has 0 aliphatic rings. The lowest BCUT2D eigenvalue weighted by atomic mass is 10.3. The number of halogens is 1. The molecule has 22 heavy (non-hydrogen) atoms. The number of benzene rings is 1. The Bertz CT molecular complexity index is 648. The van der Waals surface area contributed by atoms with Gasteiger partial charge in [-0.15, -0.1) is 10.2 Å². The molecule has 0 bridgehead atoms. The minimum Gasteiger partial charge on any atom is -0.483 e. The third-order valence-corrected chi connectivity index (χ3v) is 3.79. The fraction of sp³-hybridized carbons (Fsp3) is 0.357. The van der Waals surface area contributed by atoms with Crippen molar-refractivity contribution in [2.24, 2.45) is 0 Å². The van der Waals surface area contributed by atoms with Crippen LogP contribution < -0.4 is 4.74 Å². The molecule has 0 fully saturated rings. The molecule has 0 unspecified atom stereocenters. The van der Waals surface area contributed by atoms with Gasteiger partial charge in [0.15, 0.2) is 22.5 Å². The Morgan fingerprint density at radius 1 is 1.36 bits per heavy atom. The van der Waals surface area contributed by atoms with Crippen molar-refractivity contribution in [3.05, 3.63) is 35.9 Å². The summed E-state index contributed by atoms with van der Waals surface area (Å²) in [5, 5.41) is 8.65. The first-order valence-corrected chi connectivity index (χ1v) is 7.63. The smallest absolute Gasteiger partial charge is 0.316 e. The summed E-state index contributed by atoms with van der Waals surface area (Å²) in [4.78, 5) is 11.2. The van der Waals surface area contributed by atoms with Gasteiger partial charge in [0.25, 0.3) is 0 Å². The van der Waals surface area contributed by atoms with Gasteiger partial charge < -0.3 is 14.0 Å². The Hall–Kier alpha value is -2.09. The molecule has 2 rings (SSSR count). The zero-order chi connectivity index (χ0) is 15.9. The highest BCUT2D eigenvalue weighted by Gasteiger charge is 2.14. The molecule has 6 nitrogen and oxygen atoms in total. The van der Waals surface area contributed by atoms with Crippen molar-refractivity contribution < 1.29 is 18.7 Å². The van der Waals surface area contributed by atoms with Crippen LogP contribution in [0.4, 0.5) is 4.39 Å². The Morgan fingerprint density at radius 3 is 2.82 bits per heavy atom. The van der Waals surface area contributed by atoms with Gasteiger partial charge in [-0.1, -0.05) is 23.9 Å². The average molecular weight is 325 g/mol. The number of ether oxygens (including phenoxy) is 2.